The van der Waals surface area contributed by atoms with Gasteiger partial charge in [0.1, 0.15) is 10.6 Å². The summed E-state index contributed by atoms with van der Waals surface area (Å²) in [7, 11) is 0. The topological polar surface area (TPSA) is 107 Å². The maximum absolute atomic E-state index is 13.7. The number of carbonyl (C=O) groups is 2. The second-order valence-electron chi connectivity index (χ2n) is 7.76. The number of nitrogens with one attached hydrogen (secondary N) is 1. The second-order valence-corrected chi connectivity index (χ2v) is 8.98. The quantitative estimate of drug-likeness (QED) is 0.427. The number of hydrogen-bond donors (Lipinski definition) is 2. The summed E-state index contributed by atoms with van der Waals surface area (Å²) < 4.78 is 1.28. The molecule has 3 N–H and O–H groups in total. The summed E-state index contributed by atoms with van der Waals surface area (Å²) in [5, 5.41) is 7.72. The number of primary amides is 1. The van der Waals surface area contributed by atoms with Crippen LogP contribution in [0.2, 0.25) is 0 Å². The predicted octanol–water partition coefficient (Wildman–Crippen LogP) is 4.63. The van der Waals surface area contributed by atoms with Gasteiger partial charge in [-0.15, -0.1) is 11.3 Å². The Morgan fingerprint density at radius 1 is 0.971 bits per heavy atom. The van der Waals surface area contributed by atoms with Crippen molar-refractivity contribution >= 4 is 28.2 Å². The molecule has 0 radical (unpaired) electrons. The van der Waals surface area contributed by atoms with Crippen LogP contribution in [0, 0.1) is 13.8 Å². The fourth-order valence-corrected chi connectivity index (χ4v) is 4.92. The third-order valence-corrected chi connectivity index (χ3v) is 6.77. The summed E-state index contributed by atoms with van der Waals surface area (Å²) >= 11 is 1.25. The van der Waals surface area contributed by atoms with Crippen LogP contribution >= 0.6 is 11.3 Å². The Balaban J connectivity index is 1.99. The first-order valence-corrected chi connectivity index (χ1v) is 11.6. The molecule has 0 fully saturated rings. The minimum atomic E-state index is -0.633. The van der Waals surface area contributed by atoms with Gasteiger partial charge in [0.2, 0.25) is 0 Å². The first kappa shape index (κ1) is 23.1. The van der Waals surface area contributed by atoms with Crippen LogP contribution in [0.5, 0.6) is 0 Å². The van der Waals surface area contributed by atoms with Gasteiger partial charge in [-0.05, 0) is 31.9 Å². The molecule has 4 rings (SSSR count). The molecule has 4 aromatic rings. The maximum atomic E-state index is 13.7. The number of nitrogens with zero attached hydrogens (tertiary/aromatic N) is 2. The van der Waals surface area contributed by atoms with Crippen LogP contribution in [0.15, 0.2) is 65.5 Å². The van der Waals surface area contributed by atoms with Gasteiger partial charge in [0.15, 0.2) is 0 Å². The van der Waals surface area contributed by atoms with E-state index in [4.69, 9.17) is 5.73 Å². The highest BCUT2D eigenvalue weighted by Crippen LogP contribution is 2.35. The smallest absolute Gasteiger partial charge is 0.280 e. The van der Waals surface area contributed by atoms with Crippen molar-refractivity contribution in [3.05, 3.63) is 92.6 Å². The molecule has 0 bridgehead atoms. The largest absolute Gasteiger partial charge is 0.365 e. The van der Waals surface area contributed by atoms with Crippen LogP contribution in [-0.4, -0.2) is 21.6 Å². The molecule has 2 aromatic carbocycles. The molecule has 7 nitrogen and oxygen atoms in total. The number of carbonyl (C=O) groups excluding carboxylic acids is 2. The Bertz CT molecular complexity index is 1440. The number of rotatable bonds is 6. The maximum Gasteiger partial charge on any atom is 0.280 e. The van der Waals surface area contributed by atoms with Gasteiger partial charge >= 0.3 is 0 Å². The minimum Gasteiger partial charge on any atom is -0.365 e. The molecular formula is C26H24N4O3S. The van der Waals surface area contributed by atoms with Crippen molar-refractivity contribution in [3.8, 4) is 22.4 Å². The predicted molar refractivity (Wildman–Crippen MR) is 135 cm³/mol. The molecule has 0 unspecified atom stereocenters. The van der Waals surface area contributed by atoms with E-state index in [9.17, 15) is 14.4 Å². The summed E-state index contributed by atoms with van der Waals surface area (Å²) in [5.41, 5.74) is 8.41. The average Bonchev–Trinajstić information content (AvgIpc) is 3.12. The highest BCUT2D eigenvalue weighted by molar-refractivity contribution is 7.16. The number of thiophene rings is 1. The number of amides is 2. The first-order chi connectivity index (χ1) is 16.3. The summed E-state index contributed by atoms with van der Waals surface area (Å²) in [6, 6.07) is 18.6. The van der Waals surface area contributed by atoms with Gasteiger partial charge in [0.05, 0.1) is 11.3 Å². The van der Waals surface area contributed by atoms with Gasteiger partial charge in [-0.1, -0.05) is 60.7 Å². The van der Waals surface area contributed by atoms with E-state index in [0.717, 1.165) is 10.4 Å². The molecule has 2 aromatic heterocycles. The van der Waals surface area contributed by atoms with Crippen LogP contribution in [0.25, 0.3) is 22.4 Å². The number of aromatic nitrogens is 2. The lowest BCUT2D eigenvalue weighted by atomic mass is 9.95. The van der Waals surface area contributed by atoms with Gasteiger partial charge in [-0.25, -0.2) is 4.68 Å². The van der Waals surface area contributed by atoms with Crippen LogP contribution in [0.1, 0.15) is 38.1 Å². The van der Waals surface area contributed by atoms with Gasteiger partial charge in [-0.3, -0.25) is 14.4 Å². The molecule has 0 atom stereocenters. The molecule has 8 heteroatoms. The Morgan fingerprint density at radius 2 is 1.56 bits per heavy atom. The van der Waals surface area contributed by atoms with E-state index < -0.39 is 17.4 Å². The summed E-state index contributed by atoms with van der Waals surface area (Å²) in [5.74, 6) is -1.25. The van der Waals surface area contributed by atoms with E-state index in [-0.39, 0.29) is 17.7 Å². The fourth-order valence-electron chi connectivity index (χ4n) is 3.86. The highest BCUT2D eigenvalue weighted by atomic mass is 32.1. The molecule has 0 saturated carbocycles. The van der Waals surface area contributed by atoms with E-state index in [1.807, 2.05) is 67.6 Å². The number of benzene rings is 2. The lowest BCUT2D eigenvalue weighted by Gasteiger charge is -2.16. The van der Waals surface area contributed by atoms with E-state index in [1.165, 1.54) is 16.0 Å². The van der Waals surface area contributed by atoms with Crippen molar-refractivity contribution in [2.75, 3.05) is 5.32 Å². The average molecular weight is 473 g/mol. The van der Waals surface area contributed by atoms with Crippen molar-refractivity contribution in [2.45, 2.75) is 27.3 Å². The van der Waals surface area contributed by atoms with Gasteiger partial charge < -0.3 is 11.1 Å². The van der Waals surface area contributed by atoms with Crippen molar-refractivity contribution in [3.63, 3.8) is 0 Å². The lowest BCUT2D eigenvalue weighted by molar-refractivity contribution is 0.100. The summed E-state index contributed by atoms with van der Waals surface area (Å²) in [6.45, 7) is 5.71. The third kappa shape index (κ3) is 4.15. The van der Waals surface area contributed by atoms with Crippen LogP contribution in [-0.2, 0) is 6.54 Å². The van der Waals surface area contributed by atoms with Crippen molar-refractivity contribution in [1.82, 2.24) is 9.78 Å². The Kier molecular flexibility index (Phi) is 6.43. The normalized spacial score (nSPS) is 10.8. The molecule has 0 aliphatic rings. The number of hydrogen-bond acceptors (Lipinski definition) is 5. The van der Waals surface area contributed by atoms with Crippen LogP contribution in [0.3, 0.4) is 0 Å². The molecule has 172 valence electrons. The standard InChI is InChI=1S/C26H24N4O3S/c1-4-30-26(33)21(24(32)28-25-19(23(27)31)15(2)16(3)34-25)20(17-11-7-5-8-12-17)22(29-30)18-13-9-6-10-14-18/h5-14H,4H2,1-3H3,(H2,27,31)(H,28,32). The fraction of sp³-hybridized carbons (Fsp3) is 0.154. The van der Waals surface area contributed by atoms with Crippen LogP contribution in [0.4, 0.5) is 5.00 Å². The van der Waals surface area contributed by atoms with E-state index >= 15 is 0 Å². The number of aryl methyl sites for hydroxylation is 2. The molecule has 0 aliphatic heterocycles. The molecule has 2 amide bonds. The molecule has 2 heterocycles. The second kappa shape index (κ2) is 9.44. The molecule has 0 spiro atoms. The van der Waals surface area contributed by atoms with Crippen molar-refractivity contribution in [2.24, 2.45) is 5.73 Å². The van der Waals surface area contributed by atoms with Gasteiger partial charge in [0.25, 0.3) is 17.4 Å². The molecule has 0 aliphatic carbocycles. The number of anilines is 1. The summed E-state index contributed by atoms with van der Waals surface area (Å²) in [6.07, 6.45) is 0. The Morgan fingerprint density at radius 3 is 2.12 bits per heavy atom. The number of nitrogens with two attached hydrogens (primary N) is 1. The highest BCUT2D eigenvalue weighted by Gasteiger charge is 2.27. The SMILES string of the molecule is CCn1nc(-c2ccccc2)c(-c2ccccc2)c(C(=O)Nc2sc(C)c(C)c2C(N)=O)c1=O. The lowest BCUT2D eigenvalue weighted by Crippen LogP contribution is -2.32. The minimum absolute atomic E-state index is 0.0407. The van der Waals surface area contributed by atoms with Crippen molar-refractivity contribution < 1.29 is 9.59 Å². The Labute approximate surface area is 200 Å². The molecule has 34 heavy (non-hydrogen) atoms. The van der Waals surface area contributed by atoms with E-state index in [2.05, 4.69) is 10.4 Å². The Hall–Kier alpha value is -4.04. The molecule has 0 saturated heterocycles. The van der Waals surface area contributed by atoms with Gasteiger partial charge in [-0.2, -0.15) is 5.10 Å². The van der Waals surface area contributed by atoms with E-state index in [0.29, 0.717) is 27.4 Å². The molecular weight excluding hydrogens is 448 g/mol. The van der Waals surface area contributed by atoms with Gasteiger partial charge in [0, 0.05) is 22.5 Å². The van der Waals surface area contributed by atoms with E-state index in [1.54, 1.807) is 13.8 Å². The summed E-state index contributed by atoms with van der Waals surface area (Å²) in [4.78, 5) is 40.1. The monoisotopic (exact) mass is 472 g/mol. The first-order valence-electron chi connectivity index (χ1n) is 10.8. The van der Waals surface area contributed by atoms with Crippen molar-refractivity contribution in [1.29, 1.82) is 0 Å². The zero-order valence-electron chi connectivity index (χ0n) is 19.1. The zero-order chi connectivity index (χ0) is 24.4. The third-order valence-electron chi connectivity index (χ3n) is 5.65. The zero-order valence-corrected chi connectivity index (χ0v) is 19.9. The van der Waals surface area contributed by atoms with Crippen LogP contribution < -0.4 is 16.6 Å².